The van der Waals surface area contributed by atoms with E-state index in [1.54, 1.807) is 6.33 Å². The van der Waals surface area contributed by atoms with Crippen molar-refractivity contribution in [3.63, 3.8) is 0 Å². The lowest BCUT2D eigenvalue weighted by molar-refractivity contribution is 0.785. The lowest BCUT2D eigenvalue weighted by atomic mass is 10.1. The Kier molecular flexibility index (Phi) is 4.83. The number of aromatic nitrogens is 5. The molecule has 2 aromatic heterocycles. The lowest BCUT2D eigenvalue weighted by Gasteiger charge is -2.13. The fourth-order valence-electron chi connectivity index (χ4n) is 2.00. The molecule has 0 spiro atoms. The van der Waals surface area contributed by atoms with Gasteiger partial charge in [0, 0.05) is 25.6 Å². The molecule has 2 rings (SSSR count). The topological polar surface area (TPSA) is 107 Å². The molecule has 8 heteroatoms. The van der Waals surface area contributed by atoms with E-state index < -0.39 is 0 Å². The molecule has 4 N–H and O–H groups in total. The van der Waals surface area contributed by atoms with Crippen molar-refractivity contribution in [3.05, 3.63) is 24.0 Å². The Hall–Kier alpha value is -2.22. The van der Waals surface area contributed by atoms with Gasteiger partial charge in [-0.25, -0.2) is 15.8 Å². The highest BCUT2D eigenvalue weighted by Crippen LogP contribution is 2.20. The van der Waals surface area contributed by atoms with Crippen LogP contribution < -0.4 is 16.6 Å². The fraction of sp³-hybridized carbons (Fsp3) is 0.500. The first-order valence-electron chi connectivity index (χ1n) is 6.63. The third-order valence-electron chi connectivity index (χ3n) is 3.03. The molecule has 0 aliphatic rings. The summed E-state index contributed by atoms with van der Waals surface area (Å²) in [5.74, 6) is 7.90. The maximum Gasteiger partial charge on any atom is 0.148 e. The number of anilines is 2. The van der Waals surface area contributed by atoms with E-state index in [2.05, 4.69) is 37.8 Å². The number of hydrogen-bond acceptors (Lipinski definition) is 7. The van der Waals surface area contributed by atoms with Crippen LogP contribution in [0.25, 0.3) is 0 Å². The third-order valence-corrected chi connectivity index (χ3v) is 3.03. The summed E-state index contributed by atoms with van der Waals surface area (Å²) in [5, 5.41) is 11.2. The van der Waals surface area contributed by atoms with Crippen molar-refractivity contribution in [1.82, 2.24) is 24.7 Å². The molecule has 2 aromatic rings. The van der Waals surface area contributed by atoms with Crippen molar-refractivity contribution in [3.8, 4) is 0 Å². The van der Waals surface area contributed by atoms with Crippen LogP contribution in [0.4, 0.5) is 11.6 Å². The van der Waals surface area contributed by atoms with Gasteiger partial charge in [0.25, 0.3) is 0 Å². The molecule has 0 radical (unpaired) electrons. The molecule has 0 saturated heterocycles. The molecule has 0 fully saturated rings. The van der Waals surface area contributed by atoms with Crippen molar-refractivity contribution in [2.24, 2.45) is 12.9 Å². The number of hydrogen-bond donors (Lipinski definition) is 3. The number of aryl methyl sites for hydroxylation is 1. The van der Waals surface area contributed by atoms with Crippen LogP contribution in [0.3, 0.4) is 0 Å². The molecule has 20 heavy (non-hydrogen) atoms. The molecule has 0 bridgehead atoms. The molecule has 0 atom stereocenters. The molecule has 0 amide bonds. The lowest BCUT2D eigenvalue weighted by Crippen LogP contribution is -2.16. The molecular formula is C12H20N8. The normalized spacial score (nSPS) is 10.6. The van der Waals surface area contributed by atoms with E-state index in [1.165, 1.54) is 6.33 Å². The van der Waals surface area contributed by atoms with Crippen LogP contribution >= 0.6 is 0 Å². The van der Waals surface area contributed by atoms with E-state index in [1.807, 2.05) is 11.6 Å². The molecule has 2 heterocycles. The summed E-state index contributed by atoms with van der Waals surface area (Å²) >= 11 is 0. The molecule has 0 aliphatic carbocycles. The predicted octanol–water partition coefficient (Wildman–Crippen LogP) is 0.498. The van der Waals surface area contributed by atoms with Crippen LogP contribution in [0.1, 0.15) is 24.7 Å². The Morgan fingerprint density at radius 3 is 2.70 bits per heavy atom. The van der Waals surface area contributed by atoms with Gasteiger partial charge in [-0.1, -0.05) is 13.3 Å². The second-order valence-electron chi connectivity index (χ2n) is 4.48. The Balaban J connectivity index is 2.03. The number of hydrazine groups is 1. The van der Waals surface area contributed by atoms with Gasteiger partial charge in [-0.3, -0.25) is 0 Å². The number of nitrogens with one attached hydrogen (secondary N) is 2. The van der Waals surface area contributed by atoms with Crippen LogP contribution in [0, 0.1) is 0 Å². The first kappa shape index (κ1) is 14.2. The minimum atomic E-state index is 0.669. The zero-order valence-corrected chi connectivity index (χ0v) is 11.8. The van der Waals surface area contributed by atoms with E-state index in [9.17, 15) is 0 Å². The first-order chi connectivity index (χ1) is 9.76. The predicted molar refractivity (Wildman–Crippen MR) is 77.0 cm³/mol. The van der Waals surface area contributed by atoms with Gasteiger partial charge in [-0.05, 0) is 6.42 Å². The SMILES string of the molecule is CCCc1c(NN)ncnc1NCCc1nncn1C. The standard InChI is InChI=1S/C12H20N8/c1-3-4-9-11(15-7-16-12(9)18-13)14-6-5-10-19-17-8-20(10)2/h7-8H,3-6,13H2,1-2H3,(H2,14,15,16,18). The summed E-state index contributed by atoms with van der Waals surface area (Å²) < 4.78 is 1.90. The smallest absolute Gasteiger partial charge is 0.148 e. The largest absolute Gasteiger partial charge is 0.369 e. The number of nitrogen functional groups attached to an aromatic ring is 1. The van der Waals surface area contributed by atoms with E-state index in [4.69, 9.17) is 5.84 Å². The van der Waals surface area contributed by atoms with Gasteiger partial charge in [0.05, 0.1) is 0 Å². The number of rotatable bonds is 7. The second kappa shape index (κ2) is 6.80. The summed E-state index contributed by atoms with van der Waals surface area (Å²) in [6.07, 6.45) is 5.84. The first-order valence-corrected chi connectivity index (χ1v) is 6.63. The van der Waals surface area contributed by atoms with E-state index >= 15 is 0 Å². The molecule has 0 unspecified atom stereocenters. The maximum absolute atomic E-state index is 5.49. The molecule has 0 saturated carbocycles. The molecule has 8 nitrogen and oxygen atoms in total. The Morgan fingerprint density at radius 2 is 2.05 bits per heavy atom. The van der Waals surface area contributed by atoms with Crippen LogP contribution in [0.5, 0.6) is 0 Å². The van der Waals surface area contributed by atoms with Crippen molar-refractivity contribution in [1.29, 1.82) is 0 Å². The van der Waals surface area contributed by atoms with Crippen molar-refractivity contribution < 1.29 is 0 Å². The molecular weight excluding hydrogens is 256 g/mol. The van der Waals surface area contributed by atoms with Gasteiger partial charge in [0.1, 0.15) is 30.1 Å². The van der Waals surface area contributed by atoms with Gasteiger partial charge >= 0.3 is 0 Å². The van der Waals surface area contributed by atoms with E-state index in [0.717, 1.165) is 43.0 Å². The minimum Gasteiger partial charge on any atom is -0.369 e. The summed E-state index contributed by atoms with van der Waals surface area (Å²) in [7, 11) is 1.93. The summed E-state index contributed by atoms with van der Waals surface area (Å²) in [6.45, 7) is 2.83. The zero-order valence-electron chi connectivity index (χ0n) is 11.8. The summed E-state index contributed by atoms with van der Waals surface area (Å²) in [4.78, 5) is 8.42. The van der Waals surface area contributed by atoms with Crippen LogP contribution in [-0.4, -0.2) is 31.3 Å². The molecule has 0 aromatic carbocycles. The van der Waals surface area contributed by atoms with Crippen LogP contribution in [-0.2, 0) is 19.9 Å². The van der Waals surface area contributed by atoms with Gasteiger partial charge in [0.15, 0.2) is 0 Å². The zero-order chi connectivity index (χ0) is 14.4. The Morgan fingerprint density at radius 1 is 1.25 bits per heavy atom. The fourth-order valence-corrected chi connectivity index (χ4v) is 2.00. The quantitative estimate of drug-likeness (QED) is 0.499. The highest BCUT2D eigenvalue weighted by molar-refractivity contribution is 5.56. The average Bonchev–Trinajstić information content (AvgIpc) is 2.86. The maximum atomic E-state index is 5.49. The summed E-state index contributed by atoms with van der Waals surface area (Å²) in [6, 6.07) is 0. The second-order valence-corrected chi connectivity index (χ2v) is 4.48. The van der Waals surface area contributed by atoms with Gasteiger partial charge in [-0.2, -0.15) is 0 Å². The number of nitrogens with zero attached hydrogens (tertiary/aromatic N) is 5. The van der Waals surface area contributed by atoms with Crippen LogP contribution in [0.15, 0.2) is 12.7 Å². The van der Waals surface area contributed by atoms with Gasteiger partial charge in [-0.15, -0.1) is 10.2 Å². The van der Waals surface area contributed by atoms with Gasteiger partial charge in [0.2, 0.25) is 0 Å². The summed E-state index contributed by atoms with van der Waals surface area (Å²) in [5.41, 5.74) is 3.63. The molecule has 0 aliphatic heterocycles. The third kappa shape index (κ3) is 3.21. The van der Waals surface area contributed by atoms with Gasteiger partial charge < -0.3 is 15.3 Å². The van der Waals surface area contributed by atoms with Crippen molar-refractivity contribution in [2.45, 2.75) is 26.2 Å². The average molecular weight is 276 g/mol. The Bertz CT molecular complexity index is 550. The van der Waals surface area contributed by atoms with Crippen molar-refractivity contribution in [2.75, 3.05) is 17.3 Å². The Labute approximate surface area is 117 Å². The monoisotopic (exact) mass is 276 g/mol. The van der Waals surface area contributed by atoms with Crippen molar-refractivity contribution >= 4 is 11.6 Å². The number of nitrogens with two attached hydrogens (primary N) is 1. The molecule has 108 valence electrons. The highest BCUT2D eigenvalue weighted by atomic mass is 15.3. The van der Waals surface area contributed by atoms with E-state index in [-0.39, 0.29) is 0 Å². The minimum absolute atomic E-state index is 0.669. The van der Waals surface area contributed by atoms with Crippen LogP contribution in [0.2, 0.25) is 0 Å². The van der Waals surface area contributed by atoms with E-state index in [0.29, 0.717) is 5.82 Å². The highest BCUT2D eigenvalue weighted by Gasteiger charge is 2.10.